The topological polar surface area (TPSA) is 106 Å². The molecule has 1 fully saturated rings. The molecule has 0 atom stereocenters. The summed E-state index contributed by atoms with van der Waals surface area (Å²) in [4.78, 5) is 28.0. The van der Waals surface area contributed by atoms with Crippen LogP contribution >= 0.6 is 0 Å². The number of aryl methyl sites for hydroxylation is 1. The number of aromatic nitrogens is 2. The quantitative estimate of drug-likeness (QED) is 0.618. The van der Waals surface area contributed by atoms with E-state index < -0.39 is 0 Å². The molecule has 0 spiro atoms. The Morgan fingerprint density at radius 2 is 2.12 bits per heavy atom. The van der Waals surface area contributed by atoms with Gasteiger partial charge in [0.25, 0.3) is 5.91 Å². The van der Waals surface area contributed by atoms with E-state index in [9.17, 15) is 14.8 Å². The highest BCUT2D eigenvalue weighted by molar-refractivity contribution is 5.94. The van der Waals surface area contributed by atoms with Crippen LogP contribution in [-0.4, -0.2) is 59.5 Å². The lowest BCUT2D eigenvalue weighted by atomic mass is 10.2. The van der Waals surface area contributed by atoms with Crippen molar-refractivity contribution >= 4 is 17.6 Å². The fraction of sp³-hybridized carbons (Fsp3) is 0.375. The number of piperazine rings is 1. The summed E-state index contributed by atoms with van der Waals surface area (Å²) >= 11 is 0. The van der Waals surface area contributed by atoms with E-state index in [1.54, 1.807) is 30.0 Å². The molecule has 1 aliphatic heterocycles. The van der Waals surface area contributed by atoms with Crippen molar-refractivity contribution in [2.75, 3.05) is 38.0 Å². The Bertz CT molecular complexity index is 767. The molecule has 0 aliphatic carbocycles. The molecular formula is C16H19N5O4. The van der Waals surface area contributed by atoms with Crippen molar-refractivity contribution in [3.8, 4) is 0 Å². The van der Waals surface area contributed by atoms with E-state index in [0.717, 1.165) is 0 Å². The summed E-state index contributed by atoms with van der Waals surface area (Å²) in [5, 5.41) is 17.7. The van der Waals surface area contributed by atoms with Crippen LogP contribution in [0.25, 0.3) is 0 Å². The van der Waals surface area contributed by atoms with Crippen molar-refractivity contribution in [1.29, 1.82) is 0 Å². The SMILES string of the molecule is Cc1cc(NC(=O)CN2CCN(C(=O)c3ccc[n+]([O-])c3)CC2)no1. The monoisotopic (exact) mass is 345 g/mol. The highest BCUT2D eigenvalue weighted by atomic mass is 16.5. The van der Waals surface area contributed by atoms with E-state index in [0.29, 0.717) is 48.1 Å². The van der Waals surface area contributed by atoms with Crippen LogP contribution in [-0.2, 0) is 4.79 Å². The Hall–Kier alpha value is -2.94. The fourth-order valence-electron chi connectivity index (χ4n) is 2.68. The van der Waals surface area contributed by atoms with Gasteiger partial charge in [-0.2, -0.15) is 4.73 Å². The normalized spacial score (nSPS) is 15.2. The van der Waals surface area contributed by atoms with Crippen LogP contribution in [0.4, 0.5) is 5.82 Å². The molecule has 2 aromatic rings. The number of nitrogens with one attached hydrogen (secondary N) is 1. The number of hydrogen-bond donors (Lipinski definition) is 1. The standard InChI is InChI=1S/C16H19N5O4/c1-12-9-14(18-25-12)17-15(22)11-19-5-7-20(8-6-19)16(23)13-3-2-4-21(24)10-13/h2-4,9-10H,5-8,11H2,1H3,(H,17,18,22). The van der Waals surface area contributed by atoms with Crippen LogP contribution in [0, 0.1) is 12.1 Å². The Kier molecular flexibility index (Phi) is 4.94. The number of carbonyl (C=O) groups is 2. The molecule has 2 amide bonds. The number of hydrogen-bond acceptors (Lipinski definition) is 6. The summed E-state index contributed by atoms with van der Waals surface area (Å²) < 4.78 is 5.51. The van der Waals surface area contributed by atoms with Gasteiger partial charge in [0.15, 0.2) is 18.2 Å². The van der Waals surface area contributed by atoms with Crippen molar-refractivity contribution in [1.82, 2.24) is 15.0 Å². The van der Waals surface area contributed by atoms with Gasteiger partial charge in [-0.25, -0.2) is 0 Å². The maximum absolute atomic E-state index is 12.4. The third-order valence-electron chi connectivity index (χ3n) is 3.94. The lowest BCUT2D eigenvalue weighted by molar-refractivity contribution is -0.605. The Morgan fingerprint density at radius 3 is 2.76 bits per heavy atom. The first-order chi connectivity index (χ1) is 12.0. The molecule has 2 aromatic heterocycles. The molecule has 3 rings (SSSR count). The number of amides is 2. The maximum atomic E-state index is 12.4. The summed E-state index contributed by atoms with van der Waals surface area (Å²) in [6, 6.07) is 4.82. The van der Waals surface area contributed by atoms with Gasteiger partial charge in [0.05, 0.1) is 6.54 Å². The van der Waals surface area contributed by atoms with E-state index >= 15 is 0 Å². The minimum Gasteiger partial charge on any atom is -0.619 e. The van der Waals surface area contributed by atoms with Crippen LogP contribution in [0.15, 0.2) is 35.1 Å². The van der Waals surface area contributed by atoms with Gasteiger partial charge in [-0.1, -0.05) is 5.16 Å². The van der Waals surface area contributed by atoms with E-state index in [4.69, 9.17) is 4.52 Å². The predicted octanol–water partition coefficient (Wildman–Crippen LogP) is 0.0129. The molecule has 0 aromatic carbocycles. The highest BCUT2D eigenvalue weighted by Crippen LogP contribution is 2.09. The second-order valence-corrected chi connectivity index (χ2v) is 5.89. The van der Waals surface area contributed by atoms with Crippen molar-refractivity contribution in [3.05, 3.63) is 47.1 Å². The van der Waals surface area contributed by atoms with E-state index in [-0.39, 0.29) is 18.4 Å². The fourth-order valence-corrected chi connectivity index (χ4v) is 2.68. The lowest BCUT2D eigenvalue weighted by Gasteiger charge is -2.34. The molecule has 1 N–H and O–H groups in total. The first-order valence-corrected chi connectivity index (χ1v) is 7.95. The molecule has 1 aliphatic rings. The van der Waals surface area contributed by atoms with Gasteiger partial charge in [-0.3, -0.25) is 14.5 Å². The van der Waals surface area contributed by atoms with Crippen molar-refractivity contribution in [2.45, 2.75) is 6.92 Å². The third-order valence-corrected chi connectivity index (χ3v) is 3.94. The van der Waals surface area contributed by atoms with Gasteiger partial charge in [0.1, 0.15) is 11.3 Å². The zero-order valence-electron chi connectivity index (χ0n) is 13.8. The first kappa shape index (κ1) is 16.9. The smallest absolute Gasteiger partial charge is 0.260 e. The molecule has 0 saturated carbocycles. The summed E-state index contributed by atoms with van der Waals surface area (Å²) in [6.45, 7) is 4.15. The van der Waals surface area contributed by atoms with Crippen LogP contribution in [0.1, 0.15) is 16.1 Å². The molecule has 132 valence electrons. The summed E-state index contributed by atoms with van der Waals surface area (Å²) in [5.41, 5.74) is 0.366. The van der Waals surface area contributed by atoms with E-state index in [1.165, 1.54) is 12.4 Å². The van der Waals surface area contributed by atoms with Crippen molar-refractivity contribution in [2.24, 2.45) is 0 Å². The Labute approximate surface area is 144 Å². The van der Waals surface area contributed by atoms with E-state index in [2.05, 4.69) is 10.5 Å². The molecule has 3 heterocycles. The van der Waals surface area contributed by atoms with Crippen molar-refractivity contribution < 1.29 is 18.8 Å². The summed E-state index contributed by atoms with van der Waals surface area (Å²) in [5.74, 6) is 0.671. The molecule has 9 heteroatoms. The Balaban J connectivity index is 1.48. The largest absolute Gasteiger partial charge is 0.619 e. The van der Waals surface area contributed by atoms with Crippen LogP contribution < -0.4 is 10.0 Å². The second-order valence-electron chi connectivity index (χ2n) is 5.89. The average molecular weight is 345 g/mol. The highest BCUT2D eigenvalue weighted by Gasteiger charge is 2.24. The number of rotatable bonds is 4. The molecule has 1 saturated heterocycles. The van der Waals surface area contributed by atoms with Gasteiger partial charge in [0.2, 0.25) is 5.91 Å². The number of pyridine rings is 1. The Morgan fingerprint density at radius 1 is 1.36 bits per heavy atom. The minimum atomic E-state index is -0.177. The van der Waals surface area contributed by atoms with Gasteiger partial charge < -0.3 is 19.9 Å². The summed E-state index contributed by atoms with van der Waals surface area (Å²) in [7, 11) is 0. The molecule has 25 heavy (non-hydrogen) atoms. The van der Waals surface area contributed by atoms with Gasteiger partial charge in [-0.05, 0) is 13.0 Å². The van der Waals surface area contributed by atoms with Gasteiger partial charge in [-0.15, -0.1) is 0 Å². The maximum Gasteiger partial charge on any atom is 0.260 e. The third kappa shape index (κ3) is 4.32. The number of carbonyl (C=O) groups excluding carboxylic acids is 2. The summed E-state index contributed by atoms with van der Waals surface area (Å²) in [6.07, 6.45) is 2.60. The molecule has 0 unspecified atom stereocenters. The minimum absolute atomic E-state index is 0.174. The molecule has 9 nitrogen and oxygen atoms in total. The number of anilines is 1. The number of nitrogens with zero attached hydrogens (tertiary/aromatic N) is 4. The zero-order chi connectivity index (χ0) is 17.8. The lowest BCUT2D eigenvalue weighted by Crippen LogP contribution is -2.50. The van der Waals surface area contributed by atoms with Crippen molar-refractivity contribution in [3.63, 3.8) is 0 Å². The first-order valence-electron chi connectivity index (χ1n) is 7.95. The van der Waals surface area contributed by atoms with Gasteiger partial charge in [0, 0.05) is 38.3 Å². The van der Waals surface area contributed by atoms with Crippen LogP contribution in [0.2, 0.25) is 0 Å². The molecular weight excluding hydrogens is 326 g/mol. The average Bonchev–Trinajstić information content (AvgIpc) is 2.99. The van der Waals surface area contributed by atoms with E-state index in [1.807, 2.05) is 4.90 Å². The molecule has 0 bridgehead atoms. The second kappa shape index (κ2) is 7.31. The van der Waals surface area contributed by atoms with Crippen LogP contribution in [0.3, 0.4) is 0 Å². The molecule has 0 radical (unpaired) electrons. The van der Waals surface area contributed by atoms with Crippen LogP contribution in [0.5, 0.6) is 0 Å². The zero-order valence-corrected chi connectivity index (χ0v) is 13.8. The van der Waals surface area contributed by atoms with Gasteiger partial charge >= 0.3 is 0 Å². The predicted molar refractivity (Wildman–Crippen MR) is 87.6 cm³/mol.